The molecule has 0 radical (unpaired) electrons. The Morgan fingerprint density at radius 2 is 1.95 bits per heavy atom. The Kier molecular flexibility index (Phi) is 2.96. The van der Waals surface area contributed by atoms with Crippen LogP contribution in [0.25, 0.3) is 6.08 Å². The Labute approximate surface area is 114 Å². The van der Waals surface area contributed by atoms with Crippen molar-refractivity contribution in [1.29, 1.82) is 0 Å². The van der Waals surface area contributed by atoms with Crippen LogP contribution in [0.2, 0.25) is 0 Å². The van der Waals surface area contributed by atoms with Gasteiger partial charge in [-0.1, -0.05) is 12.5 Å². The molecule has 0 amide bonds. The van der Waals surface area contributed by atoms with Crippen LogP contribution in [0.5, 0.6) is 5.75 Å². The largest absolute Gasteiger partial charge is 0.484 e. The predicted molar refractivity (Wildman–Crippen MR) is 76.5 cm³/mol. The van der Waals surface area contributed by atoms with E-state index in [1.165, 1.54) is 36.0 Å². The van der Waals surface area contributed by atoms with Crippen molar-refractivity contribution < 1.29 is 9.53 Å². The summed E-state index contributed by atoms with van der Waals surface area (Å²) in [6.07, 6.45) is 6.59. The molecular weight excluding hydrogens is 236 g/mol. The van der Waals surface area contributed by atoms with Gasteiger partial charge in [0.15, 0.2) is 0 Å². The Bertz CT molecular complexity index is 565. The Hall–Kier alpha value is -1.57. The van der Waals surface area contributed by atoms with E-state index in [1.54, 1.807) is 0 Å². The van der Waals surface area contributed by atoms with E-state index in [0.717, 1.165) is 23.2 Å². The van der Waals surface area contributed by atoms with Crippen LogP contribution in [0.15, 0.2) is 11.6 Å². The van der Waals surface area contributed by atoms with Gasteiger partial charge in [-0.3, -0.25) is 4.79 Å². The van der Waals surface area contributed by atoms with Crippen LogP contribution >= 0.6 is 0 Å². The summed E-state index contributed by atoms with van der Waals surface area (Å²) < 4.78 is 6.23. The van der Waals surface area contributed by atoms with Crippen LogP contribution in [0.3, 0.4) is 0 Å². The fourth-order valence-corrected chi connectivity index (χ4v) is 3.06. The standard InChI is InChI=1S/C17H20O2/c1-10-7-11(2)15-8-14(9-18)17(13-5-4-6-13)19-16(15)12(10)3/h7-9,13,17H,4-6H2,1-3H3. The molecule has 0 bridgehead atoms. The van der Waals surface area contributed by atoms with Gasteiger partial charge in [-0.15, -0.1) is 0 Å². The van der Waals surface area contributed by atoms with Crippen molar-refractivity contribution >= 4 is 12.4 Å². The molecule has 1 aromatic rings. The van der Waals surface area contributed by atoms with Gasteiger partial charge in [0.25, 0.3) is 0 Å². The lowest BCUT2D eigenvalue weighted by molar-refractivity contribution is -0.106. The van der Waals surface area contributed by atoms with Gasteiger partial charge in [0, 0.05) is 17.1 Å². The highest BCUT2D eigenvalue weighted by Gasteiger charge is 2.35. The Morgan fingerprint density at radius 3 is 2.53 bits per heavy atom. The SMILES string of the molecule is Cc1cc(C)c2c(c1C)OC(C1CCC1)C(C=O)=C2. The molecule has 3 rings (SSSR count). The second-order valence-corrected chi connectivity index (χ2v) is 5.87. The van der Waals surface area contributed by atoms with Gasteiger partial charge in [0.1, 0.15) is 18.1 Å². The minimum atomic E-state index is -0.0290. The number of ether oxygens (including phenoxy) is 1. The normalized spacial score (nSPS) is 22.1. The third-order valence-electron chi connectivity index (χ3n) is 4.63. The molecule has 1 fully saturated rings. The van der Waals surface area contributed by atoms with Crippen molar-refractivity contribution in [3.63, 3.8) is 0 Å². The number of benzene rings is 1. The number of fused-ring (bicyclic) bond motifs is 1. The molecule has 2 aliphatic rings. The van der Waals surface area contributed by atoms with Gasteiger partial charge < -0.3 is 4.74 Å². The molecule has 1 aliphatic carbocycles. The van der Waals surface area contributed by atoms with Gasteiger partial charge in [0.2, 0.25) is 0 Å². The number of hydrogen-bond donors (Lipinski definition) is 0. The van der Waals surface area contributed by atoms with Gasteiger partial charge in [0.05, 0.1) is 0 Å². The fraction of sp³-hybridized carbons (Fsp3) is 0.471. The van der Waals surface area contributed by atoms with Gasteiger partial charge in [-0.2, -0.15) is 0 Å². The second-order valence-electron chi connectivity index (χ2n) is 5.87. The van der Waals surface area contributed by atoms with E-state index in [-0.39, 0.29) is 6.10 Å². The van der Waals surface area contributed by atoms with Crippen LogP contribution < -0.4 is 4.74 Å². The summed E-state index contributed by atoms with van der Waals surface area (Å²) in [5.74, 6) is 1.50. The van der Waals surface area contributed by atoms with Crippen molar-refractivity contribution in [1.82, 2.24) is 0 Å². The molecule has 1 atom stereocenters. The van der Waals surface area contributed by atoms with Crippen molar-refractivity contribution in [2.45, 2.75) is 46.1 Å². The highest BCUT2D eigenvalue weighted by molar-refractivity contribution is 5.86. The monoisotopic (exact) mass is 256 g/mol. The molecule has 19 heavy (non-hydrogen) atoms. The first-order chi connectivity index (χ1) is 9.11. The first-order valence-corrected chi connectivity index (χ1v) is 7.06. The zero-order valence-electron chi connectivity index (χ0n) is 11.8. The highest BCUT2D eigenvalue weighted by Crippen LogP contribution is 2.42. The van der Waals surface area contributed by atoms with Crippen molar-refractivity contribution in [3.8, 4) is 5.75 Å². The number of aldehydes is 1. The van der Waals surface area contributed by atoms with E-state index in [2.05, 4.69) is 26.8 Å². The van der Waals surface area contributed by atoms with E-state index in [4.69, 9.17) is 4.74 Å². The van der Waals surface area contributed by atoms with Crippen LogP contribution in [0, 0.1) is 26.7 Å². The third kappa shape index (κ3) is 1.90. The maximum atomic E-state index is 11.3. The second kappa shape index (κ2) is 4.52. The molecule has 1 aliphatic heterocycles. The van der Waals surface area contributed by atoms with Crippen LogP contribution in [0.4, 0.5) is 0 Å². The molecule has 0 aromatic heterocycles. The third-order valence-corrected chi connectivity index (χ3v) is 4.63. The molecule has 1 aromatic carbocycles. The lowest BCUT2D eigenvalue weighted by Gasteiger charge is -2.37. The quantitative estimate of drug-likeness (QED) is 0.753. The molecule has 1 unspecified atom stereocenters. The Balaban J connectivity index is 2.10. The number of rotatable bonds is 2. The summed E-state index contributed by atoms with van der Waals surface area (Å²) in [5, 5.41) is 0. The van der Waals surface area contributed by atoms with E-state index in [9.17, 15) is 4.79 Å². The molecule has 100 valence electrons. The lowest BCUT2D eigenvalue weighted by Crippen LogP contribution is -2.36. The van der Waals surface area contributed by atoms with E-state index >= 15 is 0 Å². The number of carbonyl (C=O) groups is 1. The zero-order valence-corrected chi connectivity index (χ0v) is 11.8. The maximum absolute atomic E-state index is 11.3. The van der Waals surface area contributed by atoms with E-state index in [1.807, 2.05) is 6.08 Å². The molecule has 2 nitrogen and oxygen atoms in total. The number of carbonyl (C=O) groups excluding carboxylic acids is 1. The topological polar surface area (TPSA) is 26.3 Å². The Morgan fingerprint density at radius 1 is 1.21 bits per heavy atom. The number of hydrogen-bond acceptors (Lipinski definition) is 2. The van der Waals surface area contributed by atoms with Crippen LogP contribution in [0.1, 0.15) is 41.5 Å². The van der Waals surface area contributed by atoms with Crippen LogP contribution in [-0.2, 0) is 4.79 Å². The molecule has 0 spiro atoms. The van der Waals surface area contributed by atoms with Crippen molar-refractivity contribution in [3.05, 3.63) is 33.9 Å². The maximum Gasteiger partial charge on any atom is 0.149 e. The van der Waals surface area contributed by atoms with Crippen molar-refractivity contribution in [2.75, 3.05) is 0 Å². The summed E-state index contributed by atoms with van der Waals surface area (Å²) in [5.41, 5.74) is 5.53. The number of aryl methyl sites for hydroxylation is 2. The highest BCUT2D eigenvalue weighted by atomic mass is 16.5. The smallest absolute Gasteiger partial charge is 0.149 e. The summed E-state index contributed by atoms with van der Waals surface area (Å²) in [6.45, 7) is 6.30. The predicted octanol–water partition coefficient (Wildman–Crippen LogP) is 3.76. The minimum absolute atomic E-state index is 0.0290. The zero-order chi connectivity index (χ0) is 13.6. The van der Waals surface area contributed by atoms with Gasteiger partial charge in [-0.05, 0) is 56.4 Å². The minimum Gasteiger partial charge on any atom is -0.484 e. The molecule has 2 heteroatoms. The van der Waals surface area contributed by atoms with E-state index in [0.29, 0.717) is 5.92 Å². The van der Waals surface area contributed by atoms with Gasteiger partial charge in [-0.25, -0.2) is 0 Å². The van der Waals surface area contributed by atoms with Gasteiger partial charge >= 0.3 is 0 Å². The van der Waals surface area contributed by atoms with Crippen LogP contribution in [-0.4, -0.2) is 12.4 Å². The van der Waals surface area contributed by atoms with E-state index < -0.39 is 0 Å². The fourth-order valence-electron chi connectivity index (χ4n) is 3.06. The molecule has 0 saturated heterocycles. The van der Waals surface area contributed by atoms with Crippen molar-refractivity contribution in [2.24, 2.45) is 5.92 Å². The summed E-state index contributed by atoms with van der Waals surface area (Å²) in [6, 6.07) is 2.17. The average Bonchev–Trinajstić information content (AvgIpc) is 2.33. The lowest BCUT2D eigenvalue weighted by atomic mass is 9.77. The molecule has 1 saturated carbocycles. The molecule has 0 N–H and O–H groups in total. The average molecular weight is 256 g/mol. The summed E-state index contributed by atoms with van der Waals surface area (Å²) in [7, 11) is 0. The molecule has 1 heterocycles. The first-order valence-electron chi connectivity index (χ1n) is 7.06. The summed E-state index contributed by atoms with van der Waals surface area (Å²) >= 11 is 0. The first kappa shape index (κ1) is 12.5. The summed E-state index contributed by atoms with van der Waals surface area (Å²) in [4.78, 5) is 11.3. The molecular formula is C17H20O2.